The third-order valence-electron chi connectivity index (χ3n) is 2.82. The van der Waals surface area contributed by atoms with Gasteiger partial charge in [0.2, 0.25) is 0 Å². The van der Waals surface area contributed by atoms with Crippen LogP contribution in [0.1, 0.15) is 0 Å². The van der Waals surface area contributed by atoms with E-state index in [1.54, 1.807) is 12.1 Å². The summed E-state index contributed by atoms with van der Waals surface area (Å²) in [6.45, 7) is 0. The van der Waals surface area contributed by atoms with E-state index in [-0.39, 0.29) is 11.6 Å². The van der Waals surface area contributed by atoms with Crippen molar-refractivity contribution in [2.75, 3.05) is 5.73 Å². The van der Waals surface area contributed by atoms with Crippen molar-refractivity contribution in [1.29, 1.82) is 0 Å². The second-order valence-corrected chi connectivity index (χ2v) is 4.17. The highest BCUT2D eigenvalue weighted by atomic mass is 19.1. The van der Waals surface area contributed by atoms with Crippen LogP contribution in [0.5, 0.6) is 0 Å². The summed E-state index contributed by atoms with van der Waals surface area (Å²) in [4.78, 5) is 3.76. The fourth-order valence-corrected chi connectivity index (χ4v) is 1.93. The fourth-order valence-electron chi connectivity index (χ4n) is 1.93. The number of hydrogen-bond donors (Lipinski definition) is 1. The van der Waals surface area contributed by atoms with Gasteiger partial charge < -0.3 is 10.3 Å². The molecule has 100 valence electrons. The van der Waals surface area contributed by atoms with Crippen LogP contribution in [0.15, 0.2) is 47.2 Å². The number of halogens is 2. The summed E-state index contributed by atoms with van der Waals surface area (Å²) < 4.78 is 31.4. The van der Waals surface area contributed by atoms with Gasteiger partial charge in [-0.15, -0.1) is 0 Å². The van der Waals surface area contributed by atoms with E-state index in [1.165, 1.54) is 24.4 Å². The topological polar surface area (TPSA) is 64.9 Å². The summed E-state index contributed by atoms with van der Waals surface area (Å²) in [6.07, 6.45) is 2.52. The molecule has 0 unspecified atom stereocenters. The summed E-state index contributed by atoms with van der Waals surface area (Å²) in [5, 5.41) is 3.68. The summed E-state index contributed by atoms with van der Waals surface area (Å²) in [6, 6.07) is 6.97. The van der Waals surface area contributed by atoms with Crippen molar-refractivity contribution in [3.63, 3.8) is 0 Å². The predicted octanol–water partition coefficient (Wildman–Crippen LogP) is 3.26. The molecule has 20 heavy (non-hydrogen) atoms. The number of aromatic nitrogens is 2. The summed E-state index contributed by atoms with van der Waals surface area (Å²) >= 11 is 0. The molecule has 0 saturated carbocycles. The quantitative estimate of drug-likeness (QED) is 0.778. The molecule has 2 heterocycles. The minimum Gasteiger partial charge on any atom is -0.380 e. The van der Waals surface area contributed by atoms with E-state index in [2.05, 4.69) is 10.1 Å². The molecule has 2 N–H and O–H groups in total. The Kier molecular flexibility index (Phi) is 2.90. The summed E-state index contributed by atoms with van der Waals surface area (Å²) in [7, 11) is 0. The molecule has 0 aliphatic rings. The zero-order valence-corrected chi connectivity index (χ0v) is 10.2. The highest BCUT2D eigenvalue weighted by molar-refractivity contribution is 5.86. The molecule has 1 aromatic carbocycles. The third kappa shape index (κ3) is 2.11. The van der Waals surface area contributed by atoms with Gasteiger partial charge in [0, 0.05) is 11.8 Å². The van der Waals surface area contributed by atoms with Crippen LogP contribution in [0.3, 0.4) is 0 Å². The number of pyridine rings is 1. The fraction of sp³-hybridized carbons (Fsp3) is 0. The first-order valence-corrected chi connectivity index (χ1v) is 5.77. The van der Waals surface area contributed by atoms with E-state index < -0.39 is 5.82 Å². The Labute approximate surface area is 112 Å². The third-order valence-corrected chi connectivity index (χ3v) is 2.82. The Balaban J connectivity index is 2.17. The van der Waals surface area contributed by atoms with E-state index in [0.29, 0.717) is 22.5 Å². The Morgan fingerprint density at radius 3 is 2.40 bits per heavy atom. The molecule has 0 radical (unpaired) electrons. The molecule has 2 aromatic heterocycles. The Hall–Kier alpha value is -2.76. The van der Waals surface area contributed by atoms with Crippen molar-refractivity contribution in [1.82, 2.24) is 10.1 Å². The molecular weight excluding hydrogens is 264 g/mol. The lowest BCUT2D eigenvalue weighted by Crippen LogP contribution is -1.90. The van der Waals surface area contributed by atoms with Gasteiger partial charge in [0.15, 0.2) is 11.6 Å². The minimum absolute atomic E-state index is 0.149. The van der Waals surface area contributed by atoms with Crippen molar-refractivity contribution in [3.05, 3.63) is 54.4 Å². The molecule has 0 aliphatic carbocycles. The summed E-state index contributed by atoms with van der Waals surface area (Å²) in [5.41, 5.74) is 7.30. The Morgan fingerprint density at radius 2 is 1.70 bits per heavy atom. The number of hydrogen-bond acceptors (Lipinski definition) is 4. The molecule has 0 amide bonds. The van der Waals surface area contributed by atoms with Crippen LogP contribution in [0, 0.1) is 11.6 Å². The highest BCUT2D eigenvalue weighted by Crippen LogP contribution is 2.36. The van der Waals surface area contributed by atoms with Gasteiger partial charge in [0.25, 0.3) is 0 Å². The average Bonchev–Trinajstić information content (AvgIpc) is 2.82. The second-order valence-electron chi connectivity index (χ2n) is 4.17. The smallest absolute Gasteiger partial charge is 0.178 e. The molecule has 0 fully saturated rings. The number of anilines is 1. The Morgan fingerprint density at radius 1 is 0.950 bits per heavy atom. The number of nitrogen functional groups attached to an aromatic ring is 1. The zero-order valence-electron chi connectivity index (χ0n) is 10.2. The molecule has 6 heteroatoms. The van der Waals surface area contributed by atoms with Crippen molar-refractivity contribution < 1.29 is 13.3 Å². The lowest BCUT2D eigenvalue weighted by Gasteiger charge is -2.02. The van der Waals surface area contributed by atoms with Crippen LogP contribution in [0.2, 0.25) is 0 Å². The first kappa shape index (κ1) is 12.3. The molecule has 0 atom stereocenters. The van der Waals surface area contributed by atoms with Gasteiger partial charge in [-0.05, 0) is 23.8 Å². The lowest BCUT2D eigenvalue weighted by atomic mass is 10.0. The van der Waals surface area contributed by atoms with E-state index in [0.717, 1.165) is 6.20 Å². The SMILES string of the molecule is Nc1noc(-c2cncc(F)c2)c1-c1ccc(F)cc1. The maximum Gasteiger partial charge on any atom is 0.178 e. The highest BCUT2D eigenvalue weighted by Gasteiger charge is 2.18. The van der Waals surface area contributed by atoms with E-state index in [1.807, 2.05) is 0 Å². The van der Waals surface area contributed by atoms with Crippen LogP contribution in [0.25, 0.3) is 22.5 Å². The van der Waals surface area contributed by atoms with E-state index in [4.69, 9.17) is 10.3 Å². The Bertz CT molecular complexity index is 753. The van der Waals surface area contributed by atoms with Gasteiger partial charge in [0.1, 0.15) is 11.6 Å². The van der Waals surface area contributed by atoms with Gasteiger partial charge in [-0.1, -0.05) is 17.3 Å². The van der Waals surface area contributed by atoms with E-state index in [9.17, 15) is 8.78 Å². The van der Waals surface area contributed by atoms with Crippen LogP contribution in [-0.2, 0) is 0 Å². The molecule has 0 saturated heterocycles. The molecule has 3 rings (SSSR count). The standard InChI is InChI=1S/C14H9F2N3O/c15-10-3-1-8(2-4-10)12-13(20-19-14(12)17)9-5-11(16)7-18-6-9/h1-7H,(H2,17,19). The number of nitrogens with zero attached hydrogens (tertiary/aromatic N) is 2. The minimum atomic E-state index is -0.498. The van der Waals surface area contributed by atoms with Gasteiger partial charge in [-0.25, -0.2) is 8.78 Å². The second kappa shape index (κ2) is 4.73. The first-order valence-electron chi connectivity index (χ1n) is 5.77. The maximum atomic E-state index is 13.2. The average molecular weight is 273 g/mol. The van der Waals surface area contributed by atoms with Crippen molar-refractivity contribution in [2.24, 2.45) is 0 Å². The van der Waals surface area contributed by atoms with Crippen LogP contribution >= 0.6 is 0 Å². The van der Waals surface area contributed by atoms with Gasteiger partial charge in [0.05, 0.1) is 11.8 Å². The van der Waals surface area contributed by atoms with Crippen LogP contribution in [-0.4, -0.2) is 10.1 Å². The number of nitrogens with two attached hydrogens (primary N) is 1. The molecule has 4 nitrogen and oxygen atoms in total. The lowest BCUT2D eigenvalue weighted by molar-refractivity contribution is 0.435. The molecule has 3 aromatic rings. The maximum absolute atomic E-state index is 13.2. The monoisotopic (exact) mass is 273 g/mol. The summed E-state index contributed by atoms with van der Waals surface area (Å²) in [5.74, 6) is -0.419. The predicted molar refractivity (Wildman–Crippen MR) is 69.5 cm³/mol. The number of benzene rings is 1. The van der Waals surface area contributed by atoms with Crippen molar-refractivity contribution in [2.45, 2.75) is 0 Å². The van der Waals surface area contributed by atoms with Gasteiger partial charge in [-0.2, -0.15) is 0 Å². The van der Waals surface area contributed by atoms with Crippen LogP contribution in [0.4, 0.5) is 14.6 Å². The molecular formula is C14H9F2N3O. The molecule has 0 bridgehead atoms. The largest absolute Gasteiger partial charge is 0.380 e. The molecule has 0 aliphatic heterocycles. The van der Waals surface area contributed by atoms with Crippen molar-refractivity contribution >= 4 is 5.82 Å². The molecule has 0 spiro atoms. The number of rotatable bonds is 2. The van der Waals surface area contributed by atoms with Gasteiger partial charge >= 0.3 is 0 Å². The van der Waals surface area contributed by atoms with Crippen LogP contribution < -0.4 is 5.73 Å². The normalized spacial score (nSPS) is 10.7. The van der Waals surface area contributed by atoms with Gasteiger partial charge in [-0.3, -0.25) is 4.98 Å². The zero-order chi connectivity index (χ0) is 14.1. The van der Waals surface area contributed by atoms with Crippen molar-refractivity contribution in [3.8, 4) is 22.5 Å². The first-order chi connectivity index (χ1) is 9.65. The van der Waals surface area contributed by atoms with E-state index >= 15 is 0 Å².